The van der Waals surface area contributed by atoms with Crippen LogP contribution in [0.1, 0.15) is 40.9 Å². The summed E-state index contributed by atoms with van der Waals surface area (Å²) < 4.78 is 0. The highest BCUT2D eigenvalue weighted by molar-refractivity contribution is 5.87. The van der Waals surface area contributed by atoms with Crippen molar-refractivity contribution in [3.05, 3.63) is 34.9 Å². The third-order valence-corrected chi connectivity index (χ3v) is 2.37. The molecule has 0 spiro atoms. The summed E-state index contributed by atoms with van der Waals surface area (Å²) in [5, 5.41) is 8.81. The van der Waals surface area contributed by atoms with E-state index >= 15 is 0 Å². The van der Waals surface area contributed by atoms with E-state index in [0.29, 0.717) is 5.56 Å². The maximum Gasteiger partial charge on any atom is 0.335 e. The summed E-state index contributed by atoms with van der Waals surface area (Å²) in [6, 6.07) is 4.98. The van der Waals surface area contributed by atoms with Crippen LogP contribution in [0.3, 0.4) is 0 Å². The molecule has 3 heteroatoms. The molecular formula is C11H15NO2. The average molecular weight is 193 g/mol. The Labute approximate surface area is 83.6 Å². The van der Waals surface area contributed by atoms with E-state index < -0.39 is 5.97 Å². The lowest BCUT2D eigenvalue weighted by Gasteiger charge is -2.13. The fourth-order valence-electron chi connectivity index (χ4n) is 1.39. The van der Waals surface area contributed by atoms with E-state index in [9.17, 15) is 4.79 Å². The number of benzene rings is 1. The molecule has 0 aliphatic rings. The molecule has 0 saturated carbocycles. The van der Waals surface area contributed by atoms with Gasteiger partial charge in [0.15, 0.2) is 0 Å². The minimum absolute atomic E-state index is 0.0747. The molecule has 1 aromatic rings. The van der Waals surface area contributed by atoms with Crippen LogP contribution in [-0.2, 0) is 0 Å². The van der Waals surface area contributed by atoms with Gasteiger partial charge in [-0.3, -0.25) is 0 Å². The lowest BCUT2D eigenvalue weighted by Crippen LogP contribution is -2.11. The Hall–Kier alpha value is -1.35. The zero-order valence-corrected chi connectivity index (χ0v) is 8.45. The summed E-state index contributed by atoms with van der Waals surface area (Å²) >= 11 is 0. The zero-order chi connectivity index (χ0) is 10.7. The van der Waals surface area contributed by atoms with E-state index in [1.54, 1.807) is 18.2 Å². The first kappa shape index (κ1) is 10.7. The summed E-state index contributed by atoms with van der Waals surface area (Å²) in [7, 11) is 0. The number of rotatable bonds is 3. The van der Waals surface area contributed by atoms with Gasteiger partial charge in [-0.25, -0.2) is 4.79 Å². The molecule has 1 rings (SSSR count). The van der Waals surface area contributed by atoms with Crippen molar-refractivity contribution in [3.8, 4) is 0 Å². The molecule has 0 fully saturated rings. The number of carboxylic acids is 1. The molecular weight excluding hydrogens is 178 g/mol. The molecule has 0 unspecified atom stereocenters. The molecule has 0 bridgehead atoms. The number of carbonyl (C=O) groups is 1. The van der Waals surface area contributed by atoms with Crippen molar-refractivity contribution in [2.45, 2.75) is 26.3 Å². The standard InChI is InChI=1S/C11H15NO2/c1-3-10(12)9-6-8(11(13)14)5-4-7(9)2/h4-6,10H,3,12H2,1-2H3,(H,13,14)/t10-/m1/s1. The molecule has 0 radical (unpaired) electrons. The molecule has 0 heterocycles. The van der Waals surface area contributed by atoms with Gasteiger partial charge in [0.05, 0.1) is 5.56 Å². The number of aryl methyl sites for hydroxylation is 1. The monoisotopic (exact) mass is 193 g/mol. The quantitative estimate of drug-likeness (QED) is 0.772. The molecule has 3 nitrogen and oxygen atoms in total. The van der Waals surface area contributed by atoms with E-state index in [4.69, 9.17) is 10.8 Å². The van der Waals surface area contributed by atoms with E-state index in [0.717, 1.165) is 17.5 Å². The van der Waals surface area contributed by atoms with Gasteiger partial charge in [-0.05, 0) is 36.6 Å². The molecule has 3 N–H and O–H groups in total. The van der Waals surface area contributed by atoms with Crippen LogP contribution in [0.15, 0.2) is 18.2 Å². The highest BCUT2D eigenvalue weighted by atomic mass is 16.4. The molecule has 1 atom stereocenters. The Kier molecular flexibility index (Phi) is 3.25. The second kappa shape index (κ2) is 4.24. The van der Waals surface area contributed by atoms with Crippen molar-refractivity contribution in [1.29, 1.82) is 0 Å². The molecule has 0 saturated heterocycles. The molecule has 0 amide bonds. The van der Waals surface area contributed by atoms with Gasteiger partial charge in [0.1, 0.15) is 0 Å². The van der Waals surface area contributed by atoms with Crippen LogP contribution in [0.25, 0.3) is 0 Å². The van der Waals surface area contributed by atoms with Crippen molar-refractivity contribution in [2.24, 2.45) is 5.73 Å². The van der Waals surface area contributed by atoms with Gasteiger partial charge in [-0.15, -0.1) is 0 Å². The van der Waals surface area contributed by atoms with Gasteiger partial charge in [0.2, 0.25) is 0 Å². The first-order valence-corrected chi connectivity index (χ1v) is 4.65. The summed E-state index contributed by atoms with van der Waals surface area (Å²) in [5.74, 6) is -0.908. The van der Waals surface area contributed by atoms with Crippen molar-refractivity contribution >= 4 is 5.97 Å². The molecule has 76 valence electrons. The van der Waals surface area contributed by atoms with Gasteiger partial charge < -0.3 is 10.8 Å². The average Bonchev–Trinajstić information content (AvgIpc) is 2.17. The molecule has 14 heavy (non-hydrogen) atoms. The Bertz CT molecular complexity index is 347. The van der Waals surface area contributed by atoms with Gasteiger partial charge in [0.25, 0.3) is 0 Å². The summed E-state index contributed by atoms with van der Waals surface area (Å²) in [5.41, 5.74) is 8.14. The topological polar surface area (TPSA) is 63.3 Å². The van der Waals surface area contributed by atoms with E-state index in [2.05, 4.69) is 0 Å². The predicted octanol–water partition coefficient (Wildman–Crippen LogP) is 2.10. The van der Waals surface area contributed by atoms with Gasteiger partial charge in [-0.2, -0.15) is 0 Å². The minimum Gasteiger partial charge on any atom is -0.478 e. The normalized spacial score (nSPS) is 12.5. The number of aromatic carboxylic acids is 1. The van der Waals surface area contributed by atoms with Crippen molar-refractivity contribution in [1.82, 2.24) is 0 Å². The van der Waals surface area contributed by atoms with E-state index in [-0.39, 0.29) is 6.04 Å². The minimum atomic E-state index is -0.908. The lowest BCUT2D eigenvalue weighted by molar-refractivity contribution is 0.0696. The van der Waals surface area contributed by atoms with Crippen molar-refractivity contribution in [2.75, 3.05) is 0 Å². The van der Waals surface area contributed by atoms with Crippen molar-refractivity contribution in [3.63, 3.8) is 0 Å². The Morgan fingerprint density at radius 3 is 2.71 bits per heavy atom. The van der Waals surface area contributed by atoms with Crippen LogP contribution in [0, 0.1) is 6.92 Å². The van der Waals surface area contributed by atoms with Gasteiger partial charge in [-0.1, -0.05) is 13.0 Å². The first-order valence-electron chi connectivity index (χ1n) is 4.65. The van der Waals surface area contributed by atoms with Gasteiger partial charge in [0, 0.05) is 6.04 Å². The second-order valence-electron chi connectivity index (χ2n) is 3.39. The number of hydrogen-bond acceptors (Lipinski definition) is 2. The molecule has 0 aliphatic carbocycles. The largest absolute Gasteiger partial charge is 0.478 e. The maximum atomic E-state index is 10.7. The Balaban J connectivity index is 3.14. The molecule has 0 aromatic heterocycles. The van der Waals surface area contributed by atoms with Crippen LogP contribution in [0.2, 0.25) is 0 Å². The SMILES string of the molecule is CC[C@@H](N)c1cc(C(=O)O)ccc1C. The Morgan fingerprint density at radius 1 is 1.57 bits per heavy atom. The van der Waals surface area contributed by atoms with E-state index in [1.807, 2.05) is 13.8 Å². The fraction of sp³-hybridized carbons (Fsp3) is 0.364. The smallest absolute Gasteiger partial charge is 0.335 e. The number of hydrogen-bond donors (Lipinski definition) is 2. The van der Waals surface area contributed by atoms with E-state index in [1.165, 1.54) is 0 Å². The summed E-state index contributed by atoms with van der Waals surface area (Å²) in [6.45, 7) is 3.92. The molecule has 0 aliphatic heterocycles. The second-order valence-corrected chi connectivity index (χ2v) is 3.39. The lowest BCUT2D eigenvalue weighted by atomic mass is 9.97. The maximum absolute atomic E-state index is 10.7. The zero-order valence-electron chi connectivity index (χ0n) is 8.45. The number of carboxylic acid groups (broad SMARTS) is 1. The molecule has 1 aromatic carbocycles. The van der Waals surface area contributed by atoms with Crippen LogP contribution < -0.4 is 5.73 Å². The fourth-order valence-corrected chi connectivity index (χ4v) is 1.39. The third kappa shape index (κ3) is 2.12. The van der Waals surface area contributed by atoms with Crippen molar-refractivity contribution < 1.29 is 9.90 Å². The van der Waals surface area contributed by atoms with Crippen LogP contribution in [-0.4, -0.2) is 11.1 Å². The van der Waals surface area contributed by atoms with Crippen LogP contribution in [0.5, 0.6) is 0 Å². The number of nitrogens with two attached hydrogens (primary N) is 1. The summed E-state index contributed by atoms with van der Waals surface area (Å²) in [6.07, 6.45) is 0.809. The predicted molar refractivity (Wildman–Crippen MR) is 55.4 cm³/mol. The van der Waals surface area contributed by atoms with Crippen LogP contribution >= 0.6 is 0 Å². The van der Waals surface area contributed by atoms with Gasteiger partial charge >= 0.3 is 5.97 Å². The first-order chi connectivity index (χ1) is 6.56. The third-order valence-electron chi connectivity index (χ3n) is 2.37. The highest BCUT2D eigenvalue weighted by Gasteiger charge is 2.10. The summed E-state index contributed by atoms with van der Waals surface area (Å²) in [4.78, 5) is 10.7. The Morgan fingerprint density at radius 2 is 2.21 bits per heavy atom. The van der Waals surface area contributed by atoms with Crippen LogP contribution in [0.4, 0.5) is 0 Å². The highest BCUT2D eigenvalue weighted by Crippen LogP contribution is 2.19.